The molecule has 0 atom stereocenters. The Kier molecular flexibility index (Phi) is 4.79. The first kappa shape index (κ1) is 14.6. The van der Waals surface area contributed by atoms with E-state index in [0.29, 0.717) is 12.3 Å². The van der Waals surface area contributed by atoms with Crippen molar-refractivity contribution in [3.63, 3.8) is 0 Å². The topological polar surface area (TPSA) is 47.4 Å². The van der Waals surface area contributed by atoms with Gasteiger partial charge >= 0.3 is 0 Å². The molecule has 0 saturated heterocycles. The highest BCUT2D eigenvalue weighted by Gasteiger charge is 2.11. The van der Waals surface area contributed by atoms with E-state index >= 15 is 0 Å². The molecule has 0 spiro atoms. The van der Waals surface area contributed by atoms with Crippen molar-refractivity contribution in [2.45, 2.75) is 6.54 Å². The Bertz CT molecular complexity index is 598. The minimum Gasteiger partial charge on any atom is -0.484 e. The van der Waals surface area contributed by atoms with Gasteiger partial charge in [-0.05, 0) is 18.2 Å². The van der Waals surface area contributed by atoms with Gasteiger partial charge in [-0.3, -0.25) is 9.48 Å². The predicted molar refractivity (Wildman–Crippen MR) is 79.3 cm³/mol. The summed E-state index contributed by atoms with van der Waals surface area (Å²) in [5.41, 5.74) is 0.991. The number of carbonyl (C=O) groups excluding carboxylic acids is 1. The van der Waals surface area contributed by atoms with Crippen molar-refractivity contribution in [1.29, 1.82) is 0 Å². The Balaban J connectivity index is 1.85. The second-order valence-electron chi connectivity index (χ2n) is 4.52. The molecule has 2 rings (SSSR count). The largest absolute Gasteiger partial charge is 0.484 e. The van der Waals surface area contributed by atoms with Crippen LogP contribution in [0.25, 0.3) is 0 Å². The monoisotopic (exact) mass is 337 g/mol. The highest BCUT2D eigenvalue weighted by atomic mass is 79.9. The standard InChI is InChI=1S/C14H16BrN3O2/c1-17(8-11-7-16-18(2)9-11)14(19)10-20-13-5-3-4-12(15)6-13/h3-7,9H,8,10H2,1-2H3. The van der Waals surface area contributed by atoms with Gasteiger partial charge in [-0.1, -0.05) is 22.0 Å². The third-order valence-electron chi connectivity index (χ3n) is 2.76. The minimum atomic E-state index is -0.0752. The van der Waals surface area contributed by atoms with Gasteiger partial charge < -0.3 is 9.64 Å². The predicted octanol–water partition coefficient (Wildman–Crippen LogP) is 2.22. The lowest BCUT2D eigenvalue weighted by atomic mass is 10.3. The molecule has 0 fully saturated rings. The summed E-state index contributed by atoms with van der Waals surface area (Å²) in [6.07, 6.45) is 3.64. The number of ether oxygens (including phenoxy) is 1. The zero-order valence-corrected chi connectivity index (χ0v) is 13.0. The first-order chi connectivity index (χ1) is 9.54. The summed E-state index contributed by atoms with van der Waals surface area (Å²) in [6, 6.07) is 7.42. The highest BCUT2D eigenvalue weighted by Crippen LogP contribution is 2.17. The summed E-state index contributed by atoms with van der Waals surface area (Å²) in [5, 5.41) is 4.07. The maximum Gasteiger partial charge on any atom is 0.260 e. The van der Waals surface area contributed by atoms with E-state index in [1.807, 2.05) is 37.5 Å². The van der Waals surface area contributed by atoms with Crippen LogP contribution >= 0.6 is 15.9 Å². The molecule has 1 amide bonds. The number of hydrogen-bond acceptors (Lipinski definition) is 3. The smallest absolute Gasteiger partial charge is 0.260 e. The normalized spacial score (nSPS) is 10.3. The minimum absolute atomic E-state index is 0.0210. The molecule has 0 aliphatic carbocycles. The average Bonchev–Trinajstić information content (AvgIpc) is 2.81. The number of carbonyl (C=O) groups is 1. The maximum absolute atomic E-state index is 12.0. The number of amides is 1. The molecule has 6 heteroatoms. The highest BCUT2D eigenvalue weighted by molar-refractivity contribution is 9.10. The molecule has 20 heavy (non-hydrogen) atoms. The molecule has 106 valence electrons. The molecule has 0 aliphatic heterocycles. The summed E-state index contributed by atoms with van der Waals surface area (Å²) in [4.78, 5) is 13.6. The van der Waals surface area contributed by atoms with Crippen LogP contribution < -0.4 is 4.74 Å². The van der Waals surface area contributed by atoms with E-state index in [4.69, 9.17) is 4.74 Å². The molecule has 0 saturated carbocycles. The van der Waals surface area contributed by atoms with Crippen molar-refractivity contribution in [2.24, 2.45) is 7.05 Å². The summed E-state index contributed by atoms with van der Waals surface area (Å²) in [7, 11) is 3.60. The van der Waals surface area contributed by atoms with Gasteiger partial charge in [-0.25, -0.2) is 0 Å². The molecule has 0 radical (unpaired) electrons. The summed E-state index contributed by atoms with van der Waals surface area (Å²) >= 11 is 3.36. The van der Waals surface area contributed by atoms with Crippen LogP contribution in [-0.2, 0) is 18.4 Å². The Hall–Kier alpha value is -1.82. The maximum atomic E-state index is 12.0. The van der Waals surface area contributed by atoms with Crippen molar-refractivity contribution < 1.29 is 9.53 Å². The number of aromatic nitrogens is 2. The van der Waals surface area contributed by atoms with Crippen LogP contribution in [0.2, 0.25) is 0 Å². The summed E-state index contributed by atoms with van der Waals surface area (Å²) in [5.74, 6) is 0.594. The number of rotatable bonds is 5. The van der Waals surface area contributed by atoms with Crippen LogP contribution in [0.3, 0.4) is 0 Å². The Morgan fingerprint density at radius 3 is 2.95 bits per heavy atom. The fraction of sp³-hybridized carbons (Fsp3) is 0.286. The van der Waals surface area contributed by atoms with Crippen LogP contribution in [0.4, 0.5) is 0 Å². The van der Waals surface area contributed by atoms with E-state index < -0.39 is 0 Å². The van der Waals surface area contributed by atoms with Crippen molar-refractivity contribution in [3.8, 4) is 5.75 Å². The zero-order valence-electron chi connectivity index (χ0n) is 11.4. The van der Waals surface area contributed by atoms with Gasteiger partial charge in [-0.15, -0.1) is 0 Å². The van der Waals surface area contributed by atoms with Gasteiger partial charge in [0, 0.05) is 36.9 Å². The fourth-order valence-corrected chi connectivity index (χ4v) is 2.11. The second-order valence-corrected chi connectivity index (χ2v) is 5.43. The molecule has 1 aromatic heterocycles. The number of nitrogens with zero attached hydrogens (tertiary/aromatic N) is 3. The third-order valence-corrected chi connectivity index (χ3v) is 3.26. The third kappa shape index (κ3) is 4.09. The van der Waals surface area contributed by atoms with Crippen LogP contribution in [0, 0.1) is 0 Å². The van der Waals surface area contributed by atoms with E-state index in [2.05, 4.69) is 21.0 Å². The lowest BCUT2D eigenvalue weighted by molar-refractivity contribution is -0.132. The first-order valence-corrected chi connectivity index (χ1v) is 6.94. The van der Waals surface area contributed by atoms with Crippen molar-refractivity contribution in [1.82, 2.24) is 14.7 Å². The lowest BCUT2D eigenvalue weighted by Gasteiger charge is -2.16. The molecular formula is C14H16BrN3O2. The van der Waals surface area contributed by atoms with Crippen molar-refractivity contribution in [2.75, 3.05) is 13.7 Å². The Morgan fingerprint density at radius 1 is 1.50 bits per heavy atom. The van der Waals surface area contributed by atoms with E-state index in [0.717, 1.165) is 10.0 Å². The number of benzene rings is 1. The van der Waals surface area contributed by atoms with Gasteiger partial charge in [0.25, 0.3) is 5.91 Å². The molecular weight excluding hydrogens is 322 g/mol. The number of hydrogen-bond donors (Lipinski definition) is 0. The van der Waals surface area contributed by atoms with Gasteiger partial charge in [0.2, 0.25) is 0 Å². The quantitative estimate of drug-likeness (QED) is 0.840. The van der Waals surface area contributed by atoms with E-state index in [9.17, 15) is 4.79 Å². The van der Waals surface area contributed by atoms with Crippen LogP contribution in [-0.4, -0.2) is 34.2 Å². The molecule has 0 bridgehead atoms. The molecule has 1 aromatic carbocycles. The van der Waals surface area contributed by atoms with Crippen molar-refractivity contribution >= 4 is 21.8 Å². The number of halogens is 1. The van der Waals surface area contributed by atoms with Crippen LogP contribution in [0.15, 0.2) is 41.1 Å². The van der Waals surface area contributed by atoms with Crippen LogP contribution in [0.1, 0.15) is 5.56 Å². The zero-order chi connectivity index (χ0) is 14.5. The SMILES string of the molecule is CN(Cc1cnn(C)c1)C(=O)COc1cccc(Br)c1. The Morgan fingerprint density at radius 2 is 2.30 bits per heavy atom. The summed E-state index contributed by atoms with van der Waals surface area (Å²) in [6.45, 7) is 0.543. The van der Waals surface area contributed by atoms with Gasteiger partial charge in [0.15, 0.2) is 6.61 Å². The number of aryl methyl sites for hydroxylation is 1. The lowest BCUT2D eigenvalue weighted by Crippen LogP contribution is -2.30. The molecule has 5 nitrogen and oxygen atoms in total. The molecule has 0 N–H and O–H groups in total. The summed E-state index contributed by atoms with van der Waals surface area (Å²) < 4.78 is 8.11. The molecule has 1 heterocycles. The number of likely N-dealkylation sites (N-methyl/N-ethyl adjacent to an activating group) is 1. The van der Waals surface area contributed by atoms with Gasteiger partial charge in [-0.2, -0.15) is 5.10 Å². The van der Waals surface area contributed by atoms with Crippen molar-refractivity contribution in [3.05, 3.63) is 46.7 Å². The second kappa shape index (κ2) is 6.56. The Labute approximate surface area is 126 Å². The van der Waals surface area contributed by atoms with Gasteiger partial charge in [0.05, 0.1) is 6.20 Å². The molecule has 2 aromatic rings. The molecule has 0 aliphatic rings. The van der Waals surface area contributed by atoms with Crippen LogP contribution in [0.5, 0.6) is 5.75 Å². The van der Waals surface area contributed by atoms with E-state index in [1.165, 1.54) is 0 Å². The van der Waals surface area contributed by atoms with E-state index in [1.54, 1.807) is 22.8 Å². The first-order valence-electron chi connectivity index (χ1n) is 6.14. The van der Waals surface area contributed by atoms with E-state index in [-0.39, 0.29) is 12.5 Å². The fourth-order valence-electron chi connectivity index (χ4n) is 1.73. The van der Waals surface area contributed by atoms with Gasteiger partial charge in [0.1, 0.15) is 5.75 Å². The molecule has 0 unspecified atom stereocenters. The average molecular weight is 338 g/mol.